The summed E-state index contributed by atoms with van der Waals surface area (Å²) in [6.45, 7) is 0. The summed E-state index contributed by atoms with van der Waals surface area (Å²) in [5, 5.41) is -0.207. The third-order valence-electron chi connectivity index (χ3n) is 4.44. The number of allylic oxidation sites excluding steroid dienone is 1. The van der Waals surface area contributed by atoms with Crippen LogP contribution in [-0.2, 0) is 20.9 Å². The summed E-state index contributed by atoms with van der Waals surface area (Å²) >= 11 is 11.2. The third kappa shape index (κ3) is 4.13. The van der Waals surface area contributed by atoms with Crippen LogP contribution in [0.5, 0.6) is 0 Å². The van der Waals surface area contributed by atoms with E-state index in [1.54, 1.807) is 0 Å². The number of hydrogen-bond acceptors (Lipinski definition) is 2. The van der Waals surface area contributed by atoms with Gasteiger partial charge in [-0.05, 0) is 24.3 Å². The van der Waals surface area contributed by atoms with Crippen LogP contribution >= 0.6 is 23.2 Å². The molecule has 0 radical (unpaired) electrons. The standard InChI is InChI=1S/C19H9Cl2F9O2/c20-12-5-1-10(2-6-12)16(18(25,26)27)14(9-15(22,23)24)31-17(32-16,19(28,29)30)11-3-7-13(21)8-4-11/h1-9H/b14-9+. The highest BCUT2D eigenvalue weighted by molar-refractivity contribution is 6.30. The van der Waals surface area contributed by atoms with E-state index in [0.717, 1.165) is 24.3 Å². The van der Waals surface area contributed by atoms with Gasteiger partial charge in [0.15, 0.2) is 5.76 Å². The largest absolute Gasteiger partial charge is 0.460 e. The molecule has 1 aliphatic rings. The van der Waals surface area contributed by atoms with Gasteiger partial charge in [-0.25, -0.2) is 0 Å². The zero-order chi connectivity index (χ0) is 24.2. The predicted octanol–water partition coefficient (Wildman–Crippen LogP) is 7.66. The fraction of sp³-hybridized carbons (Fsp3) is 0.263. The molecule has 174 valence electrons. The van der Waals surface area contributed by atoms with Crippen molar-refractivity contribution in [3.63, 3.8) is 0 Å². The first-order valence-electron chi connectivity index (χ1n) is 8.37. The van der Waals surface area contributed by atoms with Crippen molar-refractivity contribution in [1.82, 2.24) is 0 Å². The Balaban J connectivity index is 2.40. The Morgan fingerprint density at radius 2 is 1.09 bits per heavy atom. The fourth-order valence-corrected chi connectivity index (χ4v) is 3.36. The normalized spacial score (nSPS) is 25.8. The van der Waals surface area contributed by atoms with Crippen LogP contribution in [0.4, 0.5) is 39.5 Å². The maximum absolute atomic E-state index is 14.3. The maximum atomic E-state index is 14.3. The molecule has 1 fully saturated rings. The van der Waals surface area contributed by atoms with Crippen molar-refractivity contribution in [3.05, 3.63) is 81.5 Å². The number of benzene rings is 2. The Hall–Kier alpha value is -2.11. The number of alkyl halides is 9. The van der Waals surface area contributed by atoms with Gasteiger partial charge < -0.3 is 9.47 Å². The molecule has 32 heavy (non-hydrogen) atoms. The Labute approximate surface area is 184 Å². The van der Waals surface area contributed by atoms with E-state index < -0.39 is 52.9 Å². The molecule has 0 saturated carbocycles. The number of hydrogen-bond donors (Lipinski definition) is 0. The van der Waals surface area contributed by atoms with E-state index in [1.807, 2.05) is 0 Å². The molecule has 0 spiro atoms. The van der Waals surface area contributed by atoms with Gasteiger partial charge in [0.05, 0.1) is 6.08 Å². The predicted molar refractivity (Wildman–Crippen MR) is 94.7 cm³/mol. The second-order valence-corrected chi connectivity index (χ2v) is 7.43. The van der Waals surface area contributed by atoms with Crippen LogP contribution < -0.4 is 0 Å². The van der Waals surface area contributed by atoms with Crippen LogP contribution in [0.2, 0.25) is 10.0 Å². The average molecular weight is 511 g/mol. The highest BCUT2D eigenvalue weighted by atomic mass is 35.5. The van der Waals surface area contributed by atoms with Crippen LogP contribution in [-0.4, -0.2) is 18.5 Å². The van der Waals surface area contributed by atoms with E-state index in [0.29, 0.717) is 24.3 Å². The summed E-state index contributed by atoms with van der Waals surface area (Å²) < 4.78 is 134. The summed E-state index contributed by atoms with van der Waals surface area (Å²) in [6.07, 6.45) is -18.1. The molecule has 3 rings (SSSR count). The quantitative estimate of drug-likeness (QED) is 0.386. The lowest BCUT2D eigenvalue weighted by atomic mass is 9.90. The molecule has 0 amide bonds. The summed E-state index contributed by atoms with van der Waals surface area (Å²) in [5.74, 6) is -6.38. The fourth-order valence-electron chi connectivity index (χ4n) is 3.11. The van der Waals surface area contributed by atoms with Crippen molar-refractivity contribution in [2.45, 2.75) is 29.9 Å². The number of ether oxygens (including phenoxy) is 2. The van der Waals surface area contributed by atoms with E-state index >= 15 is 0 Å². The molecule has 1 saturated heterocycles. The van der Waals surface area contributed by atoms with Gasteiger partial charge in [0, 0.05) is 21.2 Å². The second kappa shape index (κ2) is 7.74. The Morgan fingerprint density at radius 1 is 0.656 bits per heavy atom. The summed E-state index contributed by atoms with van der Waals surface area (Å²) in [6, 6.07) is 5.95. The van der Waals surface area contributed by atoms with Gasteiger partial charge in [-0.3, -0.25) is 0 Å². The van der Waals surface area contributed by atoms with Crippen LogP contribution in [0.3, 0.4) is 0 Å². The van der Waals surface area contributed by atoms with Gasteiger partial charge in [0.2, 0.25) is 5.60 Å². The molecule has 1 heterocycles. The molecule has 1 aliphatic heterocycles. The summed E-state index contributed by atoms with van der Waals surface area (Å²) in [7, 11) is 0. The minimum atomic E-state index is -5.82. The Morgan fingerprint density at radius 3 is 1.47 bits per heavy atom. The summed E-state index contributed by atoms with van der Waals surface area (Å²) in [5.41, 5.74) is -6.42. The second-order valence-electron chi connectivity index (χ2n) is 6.56. The minimum Gasteiger partial charge on any atom is -0.450 e. The molecule has 0 aliphatic carbocycles. The molecule has 2 unspecified atom stereocenters. The minimum absolute atomic E-state index is 0.0880. The van der Waals surface area contributed by atoms with Gasteiger partial charge in [-0.2, -0.15) is 39.5 Å². The maximum Gasteiger partial charge on any atom is 0.460 e. The zero-order valence-electron chi connectivity index (χ0n) is 15.2. The molecule has 2 atom stereocenters. The van der Waals surface area contributed by atoms with Crippen molar-refractivity contribution < 1.29 is 49.0 Å². The molecule has 2 nitrogen and oxygen atoms in total. The lowest BCUT2D eigenvalue weighted by Gasteiger charge is -2.34. The molecule has 2 aromatic rings. The topological polar surface area (TPSA) is 18.5 Å². The number of rotatable bonds is 2. The van der Waals surface area contributed by atoms with E-state index in [4.69, 9.17) is 23.2 Å². The molecule has 0 aromatic heterocycles. The Kier molecular flexibility index (Phi) is 5.93. The van der Waals surface area contributed by atoms with Crippen molar-refractivity contribution >= 4 is 23.2 Å². The van der Waals surface area contributed by atoms with Crippen molar-refractivity contribution in [2.24, 2.45) is 0 Å². The molecular formula is C19H9Cl2F9O2. The SMILES string of the molecule is FC(F)(F)/C=C1/OC(c2ccc(Cl)cc2)(C(F)(F)F)OC1(c1ccc(Cl)cc1)C(F)(F)F. The first-order chi connectivity index (χ1) is 14.5. The van der Waals surface area contributed by atoms with Crippen LogP contribution in [0, 0.1) is 0 Å². The molecule has 2 aromatic carbocycles. The average Bonchev–Trinajstić information content (AvgIpc) is 2.98. The molecule has 0 bridgehead atoms. The van der Waals surface area contributed by atoms with Crippen LogP contribution in [0.15, 0.2) is 60.4 Å². The lowest BCUT2D eigenvalue weighted by Crippen LogP contribution is -2.49. The van der Waals surface area contributed by atoms with E-state index in [1.165, 1.54) is 0 Å². The van der Waals surface area contributed by atoms with Crippen LogP contribution in [0.1, 0.15) is 11.1 Å². The smallest absolute Gasteiger partial charge is 0.450 e. The van der Waals surface area contributed by atoms with Crippen molar-refractivity contribution in [3.8, 4) is 0 Å². The van der Waals surface area contributed by atoms with Gasteiger partial charge >= 0.3 is 24.3 Å². The third-order valence-corrected chi connectivity index (χ3v) is 4.94. The Bertz CT molecular complexity index is 1010. The van der Waals surface area contributed by atoms with Gasteiger partial charge in [-0.15, -0.1) is 0 Å². The summed E-state index contributed by atoms with van der Waals surface area (Å²) in [4.78, 5) is 0. The van der Waals surface area contributed by atoms with Gasteiger partial charge in [-0.1, -0.05) is 47.5 Å². The van der Waals surface area contributed by atoms with E-state index in [2.05, 4.69) is 9.47 Å². The van der Waals surface area contributed by atoms with Gasteiger partial charge in [0.25, 0.3) is 0 Å². The van der Waals surface area contributed by atoms with Gasteiger partial charge in [0.1, 0.15) is 0 Å². The number of halogens is 11. The van der Waals surface area contributed by atoms with Crippen LogP contribution in [0.25, 0.3) is 0 Å². The van der Waals surface area contributed by atoms with E-state index in [9.17, 15) is 39.5 Å². The molecule has 0 N–H and O–H groups in total. The first-order valence-corrected chi connectivity index (χ1v) is 9.12. The first kappa shape index (κ1) is 24.5. The monoisotopic (exact) mass is 510 g/mol. The molecular weight excluding hydrogens is 502 g/mol. The van der Waals surface area contributed by atoms with Crippen molar-refractivity contribution in [2.75, 3.05) is 0 Å². The van der Waals surface area contributed by atoms with Crippen molar-refractivity contribution in [1.29, 1.82) is 0 Å². The highest BCUT2D eigenvalue weighted by Gasteiger charge is 2.77. The molecule has 13 heteroatoms. The zero-order valence-corrected chi connectivity index (χ0v) is 16.7. The van der Waals surface area contributed by atoms with E-state index in [-0.39, 0.29) is 10.0 Å². The lowest BCUT2D eigenvalue weighted by molar-refractivity contribution is -0.386. The highest BCUT2D eigenvalue weighted by Crippen LogP contribution is 2.62.